The third-order valence-corrected chi connectivity index (χ3v) is 9.14. The van der Waals surface area contributed by atoms with Gasteiger partial charge in [-0.05, 0) is 52.8 Å². The zero-order valence-electron chi connectivity index (χ0n) is 25.6. The number of pyridine rings is 1. The maximum atomic E-state index is 15.5. The maximum Gasteiger partial charge on any atom is 0.259 e. The van der Waals surface area contributed by atoms with Gasteiger partial charge in [-0.1, -0.05) is 18.2 Å². The molecule has 0 radical (unpaired) electrons. The van der Waals surface area contributed by atoms with Crippen LogP contribution in [0.3, 0.4) is 0 Å². The highest BCUT2D eigenvalue weighted by atomic mass is 19.1. The lowest BCUT2D eigenvalue weighted by Crippen LogP contribution is -2.53. The first-order valence-corrected chi connectivity index (χ1v) is 15.3. The number of imide groups is 1. The Morgan fingerprint density at radius 1 is 1.02 bits per heavy atom. The lowest BCUT2D eigenvalue weighted by atomic mass is 9.95. The van der Waals surface area contributed by atoms with Crippen molar-refractivity contribution in [1.82, 2.24) is 15.2 Å². The summed E-state index contributed by atoms with van der Waals surface area (Å²) in [6.45, 7) is 3.42. The fraction of sp³-hybridized carbons (Fsp3) is 0.286. The van der Waals surface area contributed by atoms with Gasteiger partial charge in [-0.15, -0.1) is 0 Å². The topological polar surface area (TPSA) is 119 Å². The summed E-state index contributed by atoms with van der Waals surface area (Å²) in [6, 6.07) is 14.0. The molecule has 1 atom stereocenters. The normalized spacial score (nSPS) is 18.1. The predicted octanol–water partition coefficient (Wildman–Crippen LogP) is 4.07. The van der Waals surface area contributed by atoms with Crippen LogP contribution in [0, 0.1) is 23.0 Å². The molecule has 12 heteroatoms. The lowest BCUT2D eigenvalue weighted by molar-refractivity contribution is -0.134. The van der Waals surface area contributed by atoms with Gasteiger partial charge in [-0.3, -0.25) is 29.5 Å². The molecule has 0 bridgehead atoms. The number of amides is 3. The van der Waals surface area contributed by atoms with Crippen LogP contribution in [0.25, 0.3) is 10.8 Å². The van der Waals surface area contributed by atoms with E-state index in [0.717, 1.165) is 24.7 Å². The molecule has 2 fully saturated rings. The van der Waals surface area contributed by atoms with Crippen LogP contribution < -0.4 is 19.9 Å². The summed E-state index contributed by atoms with van der Waals surface area (Å²) in [5.74, 6) is -1.19. The van der Waals surface area contributed by atoms with E-state index in [1.54, 1.807) is 31.4 Å². The predicted molar refractivity (Wildman–Crippen MR) is 169 cm³/mol. The van der Waals surface area contributed by atoms with Crippen LogP contribution in [-0.2, 0) is 22.6 Å². The lowest BCUT2D eigenvalue weighted by Gasteiger charge is -2.35. The van der Waals surface area contributed by atoms with Crippen LogP contribution in [0.5, 0.6) is 5.75 Å². The molecular formula is C35H30F2N6O4. The Balaban J connectivity index is 1.07. The van der Waals surface area contributed by atoms with E-state index in [4.69, 9.17) is 10.00 Å². The number of aromatic nitrogens is 1. The average molecular weight is 637 g/mol. The molecule has 4 aromatic rings. The SMILES string of the molecule is COc1cc(C#N)cnc1N1CCN(Cc2ccc(Cc3ccc4c5c(cc(F)cc35)C(=O)N4C3CCC(=O)NC3=O)c(F)c2)CC1. The molecule has 4 heterocycles. The molecular weight excluding hydrogens is 606 g/mol. The number of hydrogen-bond donors (Lipinski definition) is 1. The Kier molecular flexibility index (Phi) is 7.77. The van der Waals surface area contributed by atoms with Crippen molar-refractivity contribution in [3.63, 3.8) is 0 Å². The van der Waals surface area contributed by atoms with Gasteiger partial charge in [0.1, 0.15) is 23.7 Å². The molecule has 0 aliphatic carbocycles. The van der Waals surface area contributed by atoms with Crippen LogP contribution in [0.1, 0.15) is 45.5 Å². The number of methoxy groups -OCH3 is 1. The Morgan fingerprint density at radius 3 is 2.53 bits per heavy atom. The zero-order chi connectivity index (χ0) is 32.8. The Morgan fingerprint density at radius 2 is 1.81 bits per heavy atom. The molecule has 0 spiro atoms. The van der Waals surface area contributed by atoms with Gasteiger partial charge in [-0.2, -0.15) is 5.26 Å². The van der Waals surface area contributed by atoms with Crippen LogP contribution in [0.4, 0.5) is 20.3 Å². The van der Waals surface area contributed by atoms with E-state index in [9.17, 15) is 18.8 Å². The van der Waals surface area contributed by atoms with Crippen molar-refractivity contribution in [2.45, 2.75) is 31.8 Å². The highest BCUT2D eigenvalue weighted by Gasteiger charge is 2.41. The van der Waals surface area contributed by atoms with Gasteiger partial charge in [0.05, 0.1) is 23.9 Å². The number of benzene rings is 3. The summed E-state index contributed by atoms with van der Waals surface area (Å²) in [5, 5.41) is 12.4. The molecule has 1 unspecified atom stereocenters. The molecule has 47 heavy (non-hydrogen) atoms. The van der Waals surface area contributed by atoms with E-state index in [1.807, 2.05) is 6.07 Å². The minimum atomic E-state index is -0.881. The molecule has 238 valence electrons. The minimum absolute atomic E-state index is 0.100. The molecule has 3 aromatic carbocycles. The molecule has 7 rings (SSSR count). The number of anilines is 2. The van der Waals surface area contributed by atoms with Gasteiger partial charge < -0.3 is 9.64 Å². The molecule has 1 N–H and O–H groups in total. The molecule has 3 aliphatic heterocycles. The largest absolute Gasteiger partial charge is 0.493 e. The monoisotopic (exact) mass is 636 g/mol. The fourth-order valence-electron chi connectivity index (χ4n) is 6.79. The van der Waals surface area contributed by atoms with E-state index in [1.165, 1.54) is 23.2 Å². The van der Waals surface area contributed by atoms with Crippen molar-refractivity contribution in [3.05, 3.63) is 94.2 Å². The first-order chi connectivity index (χ1) is 22.7. The Hall–Kier alpha value is -5.41. The van der Waals surface area contributed by atoms with Crippen molar-refractivity contribution in [2.24, 2.45) is 0 Å². The summed E-state index contributed by atoms with van der Waals surface area (Å²) in [5.41, 5.74) is 2.96. The van der Waals surface area contributed by atoms with Crippen LogP contribution in [0.15, 0.2) is 54.7 Å². The van der Waals surface area contributed by atoms with E-state index >= 15 is 4.39 Å². The van der Waals surface area contributed by atoms with Crippen LogP contribution in [-0.4, -0.2) is 66.9 Å². The zero-order valence-corrected chi connectivity index (χ0v) is 25.6. The maximum absolute atomic E-state index is 15.5. The van der Waals surface area contributed by atoms with Crippen molar-refractivity contribution in [3.8, 4) is 11.8 Å². The standard InChI is InChI=1S/C35H30F2N6O4/c1-47-30-13-21(17-38)18-39-33(30)42-10-8-41(9-11-42)19-20-2-3-23(27(37)12-20)14-22-4-5-28-32-25(22)15-24(36)16-26(32)35(46)43(28)29-6-7-31(44)40-34(29)45/h2-5,12-13,15-16,18,29H,6-11,14,19H2,1H3,(H,40,44,45). The number of nitrogens with zero attached hydrogens (tertiary/aromatic N) is 5. The number of hydrogen-bond acceptors (Lipinski definition) is 8. The molecule has 2 saturated heterocycles. The second-order valence-electron chi connectivity index (χ2n) is 12.0. The first-order valence-electron chi connectivity index (χ1n) is 15.3. The van der Waals surface area contributed by atoms with Crippen LogP contribution in [0.2, 0.25) is 0 Å². The van der Waals surface area contributed by atoms with Gasteiger partial charge in [-0.25, -0.2) is 13.8 Å². The van der Waals surface area contributed by atoms with Gasteiger partial charge >= 0.3 is 0 Å². The second kappa shape index (κ2) is 12.1. The summed E-state index contributed by atoms with van der Waals surface area (Å²) >= 11 is 0. The minimum Gasteiger partial charge on any atom is -0.493 e. The number of rotatable bonds is 7. The summed E-state index contributed by atoms with van der Waals surface area (Å²) in [4.78, 5) is 47.9. The third kappa shape index (κ3) is 5.53. The van der Waals surface area contributed by atoms with E-state index in [2.05, 4.69) is 26.2 Å². The van der Waals surface area contributed by atoms with E-state index in [0.29, 0.717) is 64.4 Å². The quantitative estimate of drug-likeness (QED) is 0.302. The summed E-state index contributed by atoms with van der Waals surface area (Å²) in [6.07, 6.45) is 1.98. The molecule has 1 aromatic heterocycles. The third-order valence-electron chi connectivity index (χ3n) is 9.14. The summed E-state index contributed by atoms with van der Waals surface area (Å²) in [7, 11) is 1.55. The van der Waals surface area contributed by atoms with E-state index < -0.39 is 29.6 Å². The van der Waals surface area contributed by atoms with Crippen molar-refractivity contribution < 1.29 is 27.9 Å². The second-order valence-corrected chi connectivity index (χ2v) is 12.0. The molecule has 3 aliphatic rings. The smallest absolute Gasteiger partial charge is 0.259 e. The number of carbonyl (C=O) groups is 3. The highest BCUT2D eigenvalue weighted by Crippen LogP contribution is 2.42. The molecule has 10 nitrogen and oxygen atoms in total. The first kappa shape index (κ1) is 30.3. The number of nitriles is 1. The van der Waals surface area contributed by atoms with Gasteiger partial charge in [0.25, 0.3) is 5.91 Å². The van der Waals surface area contributed by atoms with Gasteiger partial charge in [0.2, 0.25) is 11.8 Å². The number of carbonyl (C=O) groups excluding carboxylic acids is 3. The van der Waals surface area contributed by atoms with Crippen molar-refractivity contribution >= 4 is 40.0 Å². The van der Waals surface area contributed by atoms with Crippen molar-refractivity contribution in [1.29, 1.82) is 5.26 Å². The number of halogens is 2. The molecule has 0 saturated carbocycles. The van der Waals surface area contributed by atoms with Gasteiger partial charge in [0.15, 0.2) is 11.6 Å². The Bertz CT molecular complexity index is 2000. The Labute approximate surface area is 269 Å². The van der Waals surface area contributed by atoms with Crippen molar-refractivity contribution in [2.75, 3.05) is 43.1 Å². The fourth-order valence-corrected chi connectivity index (χ4v) is 6.79. The number of ether oxygens (including phenoxy) is 1. The molecule has 3 amide bonds. The number of piperidine rings is 1. The van der Waals surface area contributed by atoms with Gasteiger partial charge in [0, 0.05) is 63.2 Å². The van der Waals surface area contributed by atoms with Crippen LogP contribution >= 0.6 is 0 Å². The van der Waals surface area contributed by atoms with E-state index in [-0.39, 0.29) is 30.6 Å². The number of nitrogens with one attached hydrogen (secondary N) is 1. The summed E-state index contributed by atoms with van der Waals surface area (Å²) < 4.78 is 35.8. The highest BCUT2D eigenvalue weighted by molar-refractivity contribution is 6.27. The number of piperazine rings is 1. The average Bonchev–Trinajstić information content (AvgIpc) is 3.34.